The number of aromatic nitrogens is 1. The number of sulfonamides is 1. The van der Waals surface area contributed by atoms with Gasteiger partial charge in [0.2, 0.25) is 10.0 Å². The Balaban J connectivity index is 2.70. The quantitative estimate of drug-likeness (QED) is 0.846. The minimum atomic E-state index is -3.69. The standard InChI is InChI=1S/C8H11BrN2O4S2/c1-16(12,13)4-5-17(14,15)11-8-3-2-7(9)6-10-8/h2-3,6H,4-5H2,1H3,(H,10,11). The van der Waals surface area contributed by atoms with Gasteiger partial charge in [0.25, 0.3) is 0 Å². The van der Waals surface area contributed by atoms with E-state index in [0.29, 0.717) is 0 Å². The molecular weight excluding hydrogens is 332 g/mol. The molecule has 1 heterocycles. The van der Waals surface area contributed by atoms with Crippen molar-refractivity contribution in [2.75, 3.05) is 22.5 Å². The molecule has 1 aromatic rings. The van der Waals surface area contributed by atoms with Crippen molar-refractivity contribution < 1.29 is 16.8 Å². The summed E-state index contributed by atoms with van der Waals surface area (Å²) < 4.78 is 47.6. The highest BCUT2D eigenvalue weighted by atomic mass is 79.9. The van der Waals surface area contributed by atoms with Crippen molar-refractivity contribution in [2.45, 2.75) is 0 Å². The molecule has 0 aliphatic carbocycles. The van der Waals surface area contributed by atoms with Crippen molar-refractivity contribution in [3.8, 4) is 0 Å². The van der Waals surface area contributed by atoms with E-state index in [4.69, 9.17) is 0 Å². The molecule has 0 atom stereocenters. The number of sulfone groups is 1. The molecule has 0 unspecified atom stereocenters. The number of nitrogens with one attached hydrogen (secondary N) is 1. The van der Waals surface area contributed by atoms with Gasteiger partial charge < -0.3 is 0 Å². The third-order valence-electron chi connectivity index (χ3n) is 1.71. The largest absolute Gasteiger partial charge is 0.267 e. The van der Waals surface area contributed by atoms with E-state index >= 15 is 0 Å². The van der Waals surface area contributed by atoms with Gasteiger partial charge in [0.05, 0.1) is 11.5 Å². The second kappa shape index (κ2) is 5.32. The second-order valence-electron chi connectivity index (χ2n) is 3.41. The van der Waals surface area contributed by atoms with Crippen molar-refractivity contribution in [1.82, 2.24) is 4.98 Å². The van der Waals surface area contributed by atoms with Crippen LogP contribution in [-0.2, 0) is 19.9 Å². The molecule has 0 saturated heterocycles. The summed E-state index contributed by atoms with van der Waals surface area (Å²) in [6.45, 7) is 0. The first kappa shape index (κ1) is 14.4. The summed E-state index contributed by atoms with van der Waals surface area (Å²) in [5.41, 5.74) is 0. The van der Waals surface area contributed by atoms with E-state index in [1.807, 2.05) is 0 Å². The molecule has 0 saturated carbocycles. The van der Waals surface area contributed by atoms with Crippen LogP contribution >= 0.6 is 15.9 Å². The topological polar surface area (TPSA) is 93.2 Å². The average molecular weight is 343 g/mol. The van der Waals surface area contributed by atoms with Crippen molar-refractivity contribution in [2.24, 2.45) is 0 Å². The van der Waals surface area contributed by atoms with Gasteiger partial charge >= 0.3 is 0 Å². The van der Waals surface area contributed by atoms with Crippen molar-refractivity contribution in [3.05, 3.63) is 22.8 Å². The Morgan fingerprint density at radius 1 is 1.24 bits per heavy atom. The molecule has 1 rings (SSSR count). The van der Waals surface area contributed by atoms with Gasteiger partial charge in [-0.2, -0.15) is 0 Å². The summed E-state index contributed by atoms with van der Waals surface area (Å²) in [4.78, 5) is 3.82. The smallest absolute Gasteiger partial charge is 0.234 e. The lowest BCUT2D eigenvalue weighted by molar-refractivity contribution is 0.593. The fourth-order valence-corrected chi connectivity index (χ4v) is 3.77. The van der Waals surface area contributed by atoms with Crippen molar-refractivity contribution in [1.29, 1.82) is 0 Å². The van der Waals surface area contributed by atoms with E-state index < -0.39 is 31.4 Å². The Hall–Kier alpha value is -0.670. The predicted molar refractivity (Wildman–Crippen MR) is 69.1 cm³/mol. The van der Waals surface area contributed by atoms with Crippen LogP contribution in [0.25, 0.3) is 0 Å². The van der Waals surface area contributed by atoms with Crippen LogP contribution in [0.4, 0.5) is 5.82 Å². The molecular formula is C8H11BrN2O4S2. The van der Waals surface area contributed by atoms with Gasteiger partial charge in [-0.15, -0.1) is 0 Å². The Labute approximate surface area is 109 Å². The van der Waals surface area contributed by atoms with Gasteiger partial charge in [0.1, 0.15) is 15.7 Å². The highest BCUT2D eigenvalue weighted by Crippen LogP contribution is 2.11. The maximum atomic E-state index is 11.5. The van der Waals surface area contributed by atoms with Crippen LogP contribution in [-0.4, -0.2) is 39.6 Å². The van der Waals surface area contributed by atoms with Crippen LogP contribution in [0.5, 0.6) is 0 Å². The van der Waals surface area contributed by atoms with E-state index in [1.54, 1.807) is 6.07 Å². The normalized spacial score (nSPS) is 12.4. The van der Waals surface area contributed by atoms with E-state index in [-0.39, 0.29) is 5.82 Å². The van der Waals surface area contributed by atoms with Crippen LogP contribution in [0.1, 0.15) is 0 Å². The maximum absolute atomic E-state index is 11.5. The molecule has 0 fully saturated rings. The Bertz CT molecular complexity index is 580. The molecule has 6 nitrogen and oxygen atoms in total. The number of hydrogen-bond donors (Lipinski definition) is 1. The molecule has 17 heavy (non-hydrogen) atoms. The zero-order valence-corrected chi connectivity index (χ0v) is 12.1. The van der Waals surface area contributed by atoms with Gasteiger partial charge in [-0.3, -0.25) is 4.72 Å². The summed E-state index contributed by atoms with van der Waals surface area (Å²) in [6, 6.07) is 3.10. The first-order valence-corrected chi connectivity index (χ1v) is 8.98. The van der Waals surface area contributed by atoms with Gasteiger partial charge in [0.15, 0.2) is 0 Å². The molecule has 0 aromatic carbocycles. The lowest BCUT2D eigenvalue weighted by atomic mass is 10.5. The first-order valence-electron chi connectivity index (χ1n) is 4.48. The summed E-state index contributed by atoms with van der Waals surface area (Å²) in [5.74, 6) is -0.746. The van der Waals surface area contributed by atoms with E-state index in [1.165, 1.54) is 12.3 Å². The van der Waals surface area contributed by atoms with Crippen LogP contribution in [0, 0.1) is 0 Å². The van der Waals surface area contributed by atoms with Gasteiger partial charge in [-0.1, -0.05) is 0 Å². The van der Waals surface area contributed by atoms with Crippen LogP contribution in [0.3, 0.4) is 0 Å². The second-order valence-corrected chi connectivity index (χ2v) is 8.43. The van der Waals surface area contributed by atoms with Crippen LogP contribution < -0.4 is 4.72 Å². The molecule has 0 amide bonds. The Morgan fingerprint density at radius 2 is 1.88 bits per heavy atom. The summed E-state index contributed by atoms with van der Waals surface area (Å²) in [6.07, 6.45) is 2.43. The number of anilines is 1. The number of halogens is 1. The van der Waals surface area contributed by atoms with E-state index in [9.17, 15) is 16.8 Å². The average Bonchev–Trinajstić information content (AvgIpc) is 2.18. The molecule has 9 heteroatoms. The minimum Gasteiger partial charge on any atom is -0.267 e. The molecule has 96 valence electrons. The summed E-state index contributed by atoms with van der Waals surface area (Å²) in [5, 5.41) is 0. The van der Waals surface area contributed by atoms with Crippen LogP contribution in [0.2, 0.25) is 0 Å². The molecule has 0 spiro atoms. The minimum absolute atomic E-state index is 0.154. The lowest BCUT2D eigenvalue weighted by Crippen LogP contribution is -2.22. The highest BCUT2D eigenvalue weighted by molar-refractivity contribution is 9.10. The molecule has 0 radical (unpaired) electrons. The molecule has 0 bridgehead atoms. The zero-order chi connectivity index (χ0) is 13.1. The molecule has 0 aliphatic rings. The van der Waals surface area contributed by atoms with Gasteiger partial charge in [-0.05, 0) is 28.1 Å². The monoisotopic (exact) mass is 342 g/mol. The highest BCUT2D eigenvalue weighted by Gasteiger charge is 2.14. The third-order valence-corrected chi connectivity index (χ3v) is 4.65. The SMILES string of the molecule is CS(=O)(=O)CCS(=O)(=O)Nc1ccc(Br)cn1. The number of hydrogen-bond acceptors (Lipinski definition) is 5. The summed E-state index contributed by atoms with van der Waals surface area (Å²) >= 11 is 3.16. The predicted octanol–water partition coefficient (Wildman–Crippen LogP) is 0.630. The molecule has 1 N–H and O–H groups in total. The van der Waals surface area contributed by atoms with E-state index in [0.717, 1.165) is 10.7 Å². The Morgan fingerprint density at radius 3 is 2.35 bits per heavy atom. The first-order chi connectivity index (χ1) is 7.68. The maximum Gasteiger partial charge on any atom is 0.234 e. The van der Waals surface area contributed by atoms with Crippen molar-refractivity contribution >= 4 is 41.6 Å². The number of nitrogens with zero attached hydrogens (tertiary/aromatic N) is 1. The molecule has 0 aliphatic heterocycles. The Kier molecular flexibility index (Phi) is 4.50. The zero-order valence-electron chi connectivity index (χ0n) is 8.92. The van der Waals surface area contributed by atoms with Crippen LogP contribution in [0.15, 0.2) is 22.8 Å². The van der Waals surface area contributed by atoms with Gasteiger partial charge in [0, 0.05) is 16.9 Å². The molecule has 1 aromatic heterocycles. The lowest BCUT2D eigenvalue weighted by Gasteiger charge is -2.06. The summed E-state index contributed by atoms with van der Waals surface area (Å²) in [7, 11) is -6.99. The fraction of sp³-hybridized carbons (Fsp3) is 0.375. The third kappa shape index (κ3) is 5.99. The van der Waals surface area contributed by atoms with Gasteiger partial charge in [-0.25, -0.2) is 21.8 Å². The number of rotatable bonds is 5. The number of pyridine rings is 1. The van der Waals surface area contributed by atoms with Crippen molar-refractivity contribution in [3.63, 3.8) is 0 Å². The van der Waals surface area contributed by atoms with E-state index in [2.05, 4.69) is 25.6 Å². The fourth-order valence-electron chi connectivity index (χ4n) is 0.908.